The second-order valence-corrected chi connectivity index (χ2v) is 9.33. The third-order valence-corrected chi connectivity index (χ3v) is 7.03. The molecule has 0 spiro atoms. The van der Waals surface area contributed by atoms with Gasteiger partial charge in [-0.05, 0) is 36.6 Å². The van der Waals surface area contributed by atoms with E-state index in [2.05, 4.69) is 22.3 Å². The summed E-state index contributed by atoms with van der Waals surface area (Å²) in [5, 5.41) is 3.44. The number of fused-ring (bicyclic) bond motifs is 2. The highest BCUT2D eigenvalue weighted by Crippen LogP contribution is 2.38. The molecule has 0 unspecified atom stereocenters. The molecule has 0 fully saturated rings. The lowest BCUT2D eigenvalue weighted by atomic mass is 10.0. The van der Waals surface area contributed by atoms with E-state index in [1.54, 1.807) is 19.1 Å². The molecule has 1 atom stereocenters. The van der Waals surface area contributed by atoms with Gasteiger partial charge in [0, 0.05) is 24.5 Å². The van der Waals surface area contributed by atoms with Gasteiger partial charge in [-0.15, -0.1) is 11.3 Å². The normalized spacial score (nSPS) is 17.0. The maximum Gasteiger partial charge on any atom is 0.341 e. The van der Waals surface area contributed by atoms with Gasteiger partial charge in [-0.25, -0.2) is 4.79 Å². The number of nitrogens with one attached hydrogen (secondary N) is 1. The molecule has 3 aromatic rings. The molecule has 2 aliphatic rings. The largest absolute Gasteiger partial charge is 0.485 e. The minimum atomic E-state index is -0.807. The first-order chi connectivity index (χ1) is 16.6. The molecule has 1 amide bonds. The Morgan fingerprint density at radius 1 is 1.12 bits per heavy atom. The summed E-state index contributed by atoms with van der Waals surface area (Å²) < 4.78 is 16.9. The number of carbonyl (C=O) groups excluding carboxylic acids is 2. The number of thiophene rings is 1. The SMILES string of the molecule is CCOC(=O)c1c(NC(=O)[C@@H]2COc3ccccc3O2)sc2c1CCN(Cc1ccccc1)C2. The zero-order valence-corrected chi connectivity index (χ0v) is 19.7. The summed E-state index contributed by atoms with van der Waals surface area (Å²) in [6, 6.07) is 17.6. The minimum Gasteiger partial charge on any atom is -0.485 e. The van der Waals surface area contributed by atoms with E-state index >= 15 is 0 Å². The van der Waals surface area contributed by atoms with E-state index in [9.17, 15) is 9.59 Å². The second-order valence-electron chi connectivity index (χ2n) is 8.23. The molecule has 0 saturated heterocycles. The van der Waals surface area contributed by atoms with Crippen LogP contribution in [0.2, 0.25) is 0 Å². The third-order valence-electron chi connectivity index (χ3n) is 5.90. The van der Waals surface area contributed by atoms with Gasteiger partial charge in [-0.1, -0.05) is 42.5 Å². The smallest absolute Gasteiger partial charge is 0.341 e. The van der Waals surface area contributed by atoms with Crippen LogP contribution in [0, 0.1) is 0 Å². The predicted octanol–water partition coefficient (Wildman–Crippen LogP) is 4.26. The monoisotopic (exact) mass is 478 g/mol. The number of hydrogen-bond acceptors (Lipinski definition) is 7. The van der Waals surface area contributed by atoms with E-state index in [4.69, 9.17) is 14.2 Å². The molecule has 5 rings (SSSR count). The van der Waals surface area contributed by atoms with Crippen molar-refractivity contribution in [2.24, 2.45) is 0 Å². The molecule has 0 bridgehead atoms. The molecule has 2 aromatic carbocycles. The zero-order valence-electron chi connectivity index (χ0n) is 18.9. The van der Waals surface area contributed by atoms with E-state index in [1.165, 1.54) is 16.9 Å². The number of hydrogen-bond donors (Lipinski definition) is 1. The lowest BCUT2D eigenvalue weighted by Gasteiger charge is -2.27. The molecule has 34 heavy (non-hydrogen) atoms. The number of amides is 1. The number of rotatable bonds is 6. The van der Waals surface area contributed by atoms with Crippen molar-refractivity contribution >= 4 is 28.2 Å². The molecular formula is C26H26N2O5S. The Balaban J connectivity index is 1.36. The van der Waals surface area contributed by atoms with Crippen LogP contribution in [0.1, 0.15) is 33.3 Å². The van der Waals surface area contributed by atoms with Crippen molar-refractivity contribution in [1.29, 1.82) is 0 Å². The van der Waals surface area contributed by atoms with Crippen LogP contribution in [0.15, 0.2) is 54.6 Å². The Hall–Kier alpha value is -3.36. The lowest BCUT2D eigenvalue weighted by Crippen LogP contribution is -2.40. The molecule has 3 heterocycles. The average Bonchev–Trinajstić information content (AvgIpc) is 3.21. The summed E-state index contributed by atoms with van der Waals surface area (Å²) in [7, 11) is 0. The summed E-state index contributed by atoms with van der Waals surface area (Å²) in [5.74, 6) is 0.392. The molecule has 176 valence electrons. The van der Waals surface area contributed by atoms with Crippen molar-refractivity contribution in [3.63, 3.8) is 0 Å². The third kappa shape index (κ3) is 4.64. The fourth-order valence-electron chi connectivity index (χ4n) is 4.28. The summed E-state index contributed by atoms with van der Waals surface area (Å²) in [4.78, 5) is 29.3. The molecule has 0 aliphatic carbocycles. The van der Waals surface area contributed by atoms with Gasteiger partial charge in [-0.3, -0.25) is 9.69 Å². The number of para-hydroxylation sites is 2. The number of ether oxygens (including phenoxy) is 3. The van der Waals surface area contributed by atoms with E-state index in [0.717, 1.165) is 30.0 Å². The van der Waals surface area contributed by atoms with E-state index in [1.807, 2.05) is 30.3 Å². The fraction of sp³-hybridized carbons (Fsp3) is 0.308. The molecule has 8 heteroatoms. The Morgan fingerprint density at radius 2 is 1.88 bits per heavy atom. The van der Waals surface area contributed by atoms with Gasteiger partial charge < -0.3 is 19.5 Å². The standard InChI is InChI=1S/C26H26N2O5S/c1-2-31-26(30)23-18-12-13-28(14-17-8-4-3-5-9-17)15-22(18)34-25(23)27-24(29)21-16-32-19-10-6-7-11-20(19)33-21/h3-11,21H,2,12-16H2,1H3,(H,27,29)/t21-/m0/s1. The van der Waals surface area contributed by atoms with Gasteiger partial charge in [-0.2, -0.15) is 0 Å². The highest BCUT2D eigenvalue weighted by Gasteiger charge is 2.32. The lowest BCUT2D eigenvalue weighted by molar-refractivity contribution is -0.125. The van der Waals surface area contributed by atoms with E-state index < -0.39 is 12.1 Å². The van der Waals surface area contributed by atoms with Crippen molar-refractivity contribution in [2.75, 3.05) is 25.1 Å². The van der Waals surface area contributed by atoms with Crippen molar-refractivity contribution < 1.29 is 23.8 Å². The van der Waals surface area contributed by atoms with Crippen LogP contribution >= 0.6 is 11.3 Å². The first-order valence-electron chi connectivity index (χ1n) is 11.4. The topological polar surface area (TPSA) is 77.1 Å². The number of esters is 1. The highest BCUT2D eigenvalue weighted by atomic mass is 32.1. The number of carbonyl (C=O) groups is 2. The van der Waals surface area contributed by atoms with Crippen molar-refractivity contribution in [1.82, 2.24) is 4.90 Å². The molecule has 0 radical (unpaired) electrons. The van der Waals surface area contributed by atoms with Crippen molar-refractivity contribution in [2.45, 2.75) is 32.5 Å². The molecule has 0 saturated carbocycles. The number of benzene rings is 2. The van der Waals surface area contributed by atoms with Gasteiger partial charge in [0.15, 0.2) is 11.5 Å². The molecule has 7 nitrogen and oxygen atoms in total. The number of nitrogens with zero attached hydrogens (tertiary/aromatic N) is 1. The Kier molecular flexibility index (Phi) is 6.51. The Labute approximate surface area is 202 Å². The fourth-order valence-corrected chi connectivity index (χ4v) is 5.56. The second kappa shape index (κ2) is 9.87. The molecule has 1 N–H and O–H groups in total. The first-order valence-corrected chi connectivity index (χ1v) is 12.2. The summed E-state index contributed by atoms with van der Waals surface area (Å²) in [6.07, 6.45) is -0.0855. The van der Waals surface area contributed by atoms with Gasteiger partial charge in [0.05, 0.1) is 12.2 Å². The molecule has 2 aliphatic heterocycles. The first kappa shape index (κ1) is 22.4. The molecule has 1 aromatic heterocycles. The summed E-state index contributed by atoms with van der Waals surface area (Å²) in [6.45, 7) is 4.53. The summed E-state index contributed by atoms with van der Waals surface area (Å²) >= 11 is 1.44. The van der Waals surface area contributed by atoms with Gasteiger partial charge in [0.2, 0.25) is 6.10 Å². The number of anilines is 1. The Morgan fingerprint density at radius 3 is 2.68 bits per heavy atom. The van der Waals surface area contributed by atoms with Crippen LogP contribution in [0.3, 0.4) is 0 Å². The maximum atomic E-state index is 13.1. The van der Waals surface area contributed by atoms with Crippen LogP contribution in [-0.2, 0) is 29.0 Å². The maximum absolute atomic E-state index is 13.1. The quantitative estimate of drug-likeness (QED) is 0.534. The van der Waals surface area contributed by atoms with Crippen molar-refractivity contribution in [3.8, 4) is 11.5 Å². The van der Waals surface area contributed by atoms with Gasteiger partial charge >= 0.3 is 5.97 Å². The van der Waals surface area contributed by atoms with Crippen LogP contribution in [-0.4, -0.2) is 42.6 Å². The van der Waals surface area contributed by atoms with Crippen LogP contribution in [0.25, 0.3) is 0 Å². The van der Waals surface area contributed by atoms with Crippen LogP contribution in [0.5, 0.6) is 11.5 Å². The van der Waals surface area contributed by atoms with Crippen LogP contribution in [0.4, 0.5) is 5.00 Å². The summed E-state index contributed by atoms with van der Waals surface area (Å²) in [5.41, 5.74) is 2.68. The van der Waals surface area contributed by atoms with Crippen LogP contribution < -0.4 is 14.8 Å². The minimum absolute atomic E-state index is 0.105. The van der Waals surface area contributed by atoms with Gasteiger partial charge in [0.1, 0.15) is 11.6 Å². The zero-order chi connectivity index (χ0) is 23.5. The highest BCUT2D eigenvalue weighted by molar-refractivity contribution is 7.17. The van der Waals surface area contributed by atoms with E-state index in [0.29, 0.717) is 28.6 Å². The van der Waals surface area contributed by atoms with Gasteiger partial charge in [0.25, 0.3) is 5.91 Å². The average molecular weight is 479 g/mol. The van der Waals surface area contributed by atoms with E-state index in [-0.39, 0.29) is 19.1 Å². The van der Waals surface area contributed by atoms with Crippen molar-refractivity contribution in [3.05, 3.63) is 76.2 Å². The molecular weight excluding hydrogens is 452 g/mol. The Bertz CT molecular complexity index is 1190. The predicted molar refractivity (Wildman–Crippen MR) is 130 cm³/mol.